The van der Waals surface area contributed by atoms with Crippen molar-refractivity contribution in [3.8, 4) is 0 Å². The van der Waals surface area contributed by atoms with E-state index in [1.54, 1.807) is 0 Å². The molecule has 0 aliphatic carbocycles. The number of hydrogen-bond donors (Lipinski definition) is 2. The first-order chi connectivity index (χ1) is 7.65. The van der Waals surface area contributed by atoms with Gasteiger partial charge in [-0.1, -0.05) is 26.2 Å². The summed E-state index contributed by atoms with van der Waals surface area (Å²) in [5, 5.41) is 16.6. The average molecular weight is 243 g/mol. The van der Waals surface area contributed by atoms with Crippen LogP contribution in [0.5, 0.6) is 0 Å². The van der Waals surface area contributed by atoms with Crippen molar-refractivity contribution >= 4 is 12.2 Å². The first kappa shape index (κ1) is 13.4. The molecule has 0 radical (unpaired) electrons. The molecule has 0 aliphatic heterocycles. The Bertz CT molecular complexity index is 358. The van der Waals surface area contributed by atoms with E-state index in [-0.39, 0.29) is 6.10 Å². The Hall–Kier alpha value is -0.680. The summed E-state index contributed by atoms with van der Waals surface area (Å²) in [6.45, 7) is 2.17. The summed E-state index contributed by atoms with van der Waals surface area (Å²) < 4.78 is 2.49. The zero-order chi connectivity index (χ0) is 12.0. The molecule has 1 atom stereocenters. The predicted octanol–water partition coefficient (Wildman–Crippen LogP) is 2.35. The predicted molar refractivity (Wildman–Crippen MR) is 66.9 cm³/mol. The van der Waals surface area contributed by atoms with Crippen LogP contribution in [0, 0.1) is 4.77 Å². The number of rotatable bonds is 7. The van der Waals surface area contributed by atoms with E-state index >= 15 is 0 Å². The number of nitrogens with one attached hydrogen (secondary N) is 1. The van der Waals surface area contributed by atoms with Crippen LogP contribution in [0.4, 0.5) is 0 Å². The summed E-state index contributed by atoms with van der Waals surface area (Å²) in [6, 6.07) is 0. The highest BCUT2D eigenvalue weighted by molar-refractivity contribution is 7.71. The summed E-state index contributed by atoms with van der Waals surface area (Å²) in [4.78, 5) is 0. The fraction of sp³-hybridized carbons (Fsp3) is 0.818. The van der Waals surface area contributed by atoms with Crippen molar-refractivity contribution in [3.63, 3.8) is 0 Å². The number of aliphatic hydroxyl groups is 1. The first-order valence-corrected chi connectivity index (χ1v) is 6.34. The van der Waals surface area contributed by atoms with Crippen molar-refractivity contribution in [2.24, 2.45) is 7.05 Å². The third-order valence-corrected chi connectivity index (χ3v) is 3.18. The highest BCUT2D eigenvalue weighted by Crippen LogP contribution is 2.09. The van der Waals surface area contributed by atoms with Gasteiger partial charge in [-0.25, -0.2) is 0 Å². The fourth-order valence-electron chi connectivity index (χ4n) is 1.67. The smallest absolute Gasteiger partial charge is 0.194 e. The van der Waals surface area contributed by atoms with Crippen molar-refractivity contribution in [1.29, 1.82) is 0 Å². The topological polar surface area (TPSA) is 53.8 Å². The molecule has 0 amide bonds. The molecule has 0 saturated heterocycles. The van der Waals surface area contributed by atoms with Gasteiger partial charge in [0, 0.05) is 13.5 Å². The molecule has 1 heterocycles. The van der Waals surface area contributed by atoms with Crippen molar-refractivity contribution < 1.29 is 5.11 Å². The molecule has 0 aliphatic rings. The van der Waals surface area contributed by atoms with E-state index in [1.165, 1.54) is 12.8 Å². The number of hydrogen-bond acceptors (Lipinski definition) is 3. The molecule has 1 rings (SSSR count). The molecule has 0 aromatic carbocycles. The molecule has 0 fully saturated rings. The molecule has 0 spiro atoms. The number of aromatic nitrogens is 3. The summed E-state index contributed by atoms with van der Waals surface area (Å²) in [6.07, 6.45) is 5.72. The minimum atomic E-state index is -0.211. The maximum absolute atomic E-state index is 9.76. The van der Waals surface area contributed by atoms with E-state index in [1.807, 2.05) is 11.6 Å². The van der Waals surface area contributed by atoms with Gasteiger partial charge in [0.15, 0.2) is 4.77 Å². The maximum atomic E-state index is 9.76. The number of aromatic amines is 1. The molecule has 0 saturated carbocycles. The van der Waals surface area contributed by atoms with Crippen molar-refractivity contribution in [1.82, 2.24) is 14.8 Å². The monoisotopic (exact) mass is 243 g/mol. The van der Waals surface area contributed by atoms with E-state index in [0.29, 0.717) is 4.77 Å². The van der Waals surface area contributed by atoms with Gasteiger partial charge in [0.05, 0.1) is 6.10 Å². The van der Waals surface area contributed by atoms with Gasteiger partial charge in [0.1, 0.15) is 5.82 Å². The van der Waals surface area contributed by atoms with Crippen molar-refractivity contribution in [2.75, 3.05) is 0 Å². The van der Waals surface area contributed by atoms with Crippen LogP contribution in [0.1, 0.15) is 44.9 Å². The highest BCUT2D eigenvalue weighted by atomic mass is 32.1. The minimum absolute atomic E-state index is 0.211. The Morgan fingerprint density at radius 3 is 2.75 bits per heavy atom. The molecule has 5 heteroatoms. The van der Waals surface area contributed by atoms with Gasteiger partial charge in [0.2, 0.25) is 0 Å². The van der Waals surface area contributed by atoms with Crippen LogP contribution < -0.4 is 0 Å². The van der Waals surface area contributed by atoms with E-state index in [2.05, 4.69) is 17.1 Å². The molecule has 0 bridgehead atoms. The molecular formula is C11H21N3OS. The number of aliphatic hydroxyl groups excluding tert-OH is 1. The van der Waals surface area contributed by atoms with Crippen LogP contribution in [0.2, 0.25) is 0 Å². The van der Waals surface area contributed by atoms with Gasteiger partial charge in [0.25, 0.3) is 0 Å². The second-order valence-corrected chi connectivity index (χ2v) is 4.58. The lowest BCUT2D eigenvalue weighted by Crippen LogP contribution is -2.10. The van der Waals surface area contributed by atoms with Crippen LogP contribution in [-0.4, -0.2) is 26.0 Å². The fourth-order valence-corrected chi connectivity index (χ4v) is 1.82. The van der Waals surface area contributed by atoms with Gasteiger partial charge in [-0.15, -0.1) is 0 Å². The van der Waals surface area contributed by atoms with Gasteiger partial charge in [-0.2, -0.15) is 5.10 Å². The summed E-state index contributed by atoms with van der Waals surface area (Å²) >= 11 is 5.02. The van der Waals surface area contributed by atoms with Crippen LogP contribution in [0.3, 0.4) is 0 Å². The first-order valence-electron chi connectivity index (χ1n) is 5.93. The molecule has 1 unspecified atom stereocenters. The Kier molecular flexibility index (Phi) is 5.69. The summed E-state index contributed by atoms with van der Waals surface area (Å²) in [7, 11) is 1.89. The quantitative estimate of drug-likeness (QED) is 0.571. The largest absolute Gasteiger partial charge is 0.393 e. The standard InChI is InChI=1S/C11H21N3OS/c1-3-4-5-6-9(15)7-8-10-12-13-11(16)14(10)2/h9,15H,3-8H2,1-2H3,(H,13,16). The zero-order valence-electron chi connectivity index (χ0n) is 10.1. The molecule has 16 heavy (non-hydrogen) atoms. The number of aryl methyl sites for hydroxylation is 1. The van der Waals surface area contributed by atoms with Gasteiger partial charge < -0.3 is 9.67 Å². The van der Waals surface area contributed by atoms with Crippen LogP contribution in [0.25, 0.3) is 0 Å². The Labute approximate surface area is 102 Å². The number of H-pyrrole nitrogens is 1. The van der Waals surface area contributed by atoms with Gasteiger partial charge in [-0.05, 0) is 25.1 Å². The van der Waals surface area contributed by atoms with E-state index < -0.39 is 0 Å². The number of unbranched alkanes of at least 4 members (excludes halogenated alkanes) is 2. The normalized spacial score (nSPS) is 12.9. The van der Waals surface area contributed by atoms with E-state index in [9.17, 15) is 5.11 Å². The second-order valence-electron chi connectivity index (χ2n) is 4.19. The third kappa shape index (κ3) is 4.06. The Balaban J connectivity index is 2.29. The molecule has 1 aromatic heterocycles. The van der Waals surface area contributed by atoms with Gasteiger partial charge >= 0.3 is 0 Å². The minimum Gasteiger partial charge on any atom is -0.393 e. The van der Waals surface area contributed by atoms with Crippen LogP contribution in [-0.2, 0) is 13.5 Å². The SMILES string of the molecule is CCCCCC(O)CCc1n[nH]c(=S)n1C. The third-order valence-electron chi connectivity index (χ3n) is 2.81. The van der Waals surface area contributed by atoms with E-state index in [4.69, 9.17) is 12.2 Å². The Morgan fingerprint density at radius 1 is 1.44 bits per heavy atom. The zero-order valence-corrected chi connectivity index (χ0v) is 10.9. The van der Waals surface area contributed by atoms with Crippen LogP contribution in [0.15, 0.2) is 0 Å². The highest BCUT2D eigenvalue weighted by Gasteiger charge is 2.07. The number of nitrogens with zero attached hydrogens (tertiary/aromatic N) is 2. The molecular weight excluding hydrogens is 222 g/mol. The lowest BCUT2D eigenvalue weighted by Gasteiger charge is -2.09. The molecule has 4 nitrogen and oxygen atoms in total. The Morgan fingerprint density at radius 2 is 2.19 bits per heavy atom. The lowest BCUT2D eigenvalue weighted by atomic mass is 10.1. The molecule has 1 aromatic rings. The van der Waals surface area contributed by atoms with Crippen molar-refractivity contribution in [2.45, 2.75) is 51.6 Å². The second kappa shape index (κ2) is 6.81. The maximum Gasteiger partial charge on any atom is 0.194 e. The van der Waals surface area contributed by atoms with E-state index in [0.717, 1.165) is 31.5 Å². The van der Waals surface area contributed by atoms with Crippen molar-refractivity contribution in [3.05, 3.63) is 10.6 Å². The van der Waals surface area contributed by atoms with Gasteiger partial charge in [-0.3, -0.25) is 5.10 Å². The summed E-state index contributed by atoms with van der Waals surface area (Å²) in [5.41, 5.74) is 0. The lowest BCUT2D eigenvalue weighted by molar-refractivity contribution is 0.150. The van der Waals surface area contributed by atoms with Crippen LogP contribution >= 0.6 is 12.2 Å². The molecule has 2 N–H and O–H groups in total. The molecule has 92 valence electrons. The summed E-state index contributed by atoms with van der Waals surface area (Å²) in [5.74, 6) is 0.916. The average Bonchev–Trinajstić information content (AvgIpc) is 2.58.